The summed E-state index contributed by atoms with van der Waals surface area (Å²) in [6.45, 7) is 4.88. The number of fused-ring (bicyclic) bond motifs is 1. The van der Waals surface area contributed by atoms with Crippen molar-refractivity contribution in [2.45, 2.75) is 38.6 Å². The number of carbonyl (C=O) groups is 1. The molecule has 2 heterocycles. The lowest BCUT2D eigenvalue weighted by atomic mass is 10.1. The quantitative estimate of drug-likeness (QED) is 0.638. The van der Waals surface area contributed by atoms with Crippen LogP contribution in [0.5, 0.6) is 0 Å². The van der Waals surface area contributed by atoms with Gasteiger partial charge in [0.25, 0.3) is 0 Å². The lowest BCUT2D eigenvalue weighted by Gasteiger charge is -2.28. The van der Waals surface area contributed by atoms with Gasteiger partial charge in [-0.25, -0.2) is 4.98 Å². The van der Waals surface area contributed by atoms with E-state index in [-0.39, 0.29) is 18.3 Å². The van der Waals surface area contributed by atoms with Crippen molar-refractivity contribution in [3.63, 3.8) is 0 Å². The Hall–Kier alpha value is -2.37. The standard InChI is InChI=1S/C23H28N4O.ClH/c1-2-16-26(19-14-15-24-17-19)23(28)13-12-22-25-20-10-6-7-11-21(20)27(22)18-8-4-3-5-9-18;/h3-11,19,24H,2,12-17H2,1H3;1H. The van der Waals surface area contributed by atoms with Crippen LogP contribution < -0.4 is 5.32 Å². The van der Waals surface area contributed by atoms with Crippen molar-refractivity contribution in [3.8, 4) is 5.69 Å². The first kappa shape index (κ1) is 21.3. The van der Waals surface area contributed by atoms with E-state index < -0.39 is 0 Å². The maximum absolute atomic E-state index is 13.0. The number of amides is 1. The summed E-state index contributed by atoms with van der Waals surface area (Å²) in [6, 6.07) is 18.8. The van der Waals surface area contributed by atoms with Gasteiger partial charge in [-0.15, -0.1) is 12.4 Å². The van der Waals surface area contributed by atoms with E-state index >= 15 is 0 Å². The molecular formula is C23H29ClN4O. The van der Waals surface area contributed by atoms with Crippen LogP contribution in [0.15, 0.2) is 54.6 Å². The van der Waals surface area contributed by atoms with Crippen LogP contribution in [0, 0.1) is 0 Å². The highest BCUT2D eigenvalue weighted by Gasteiger charge is 2.26. The molecule has 154 valence electrons. The molecule has 1 aliphatic rings. The molecule has 1 amide bonds. The Morgan fingerprint density at radius 2 is 1.93 bits per heavy atom. The average molecular weight is 413 g/mol. The normalized spacial score (nSPS) is 16.0. The van der Waals surface area contributed by atoms with Gasteiger partial charge in [-0.2, -0.15) is 0 Å². The predicted octanol–water partition coefficient (Wildman–Crippen LogP) is 3.98. The number of aryl methyl sites for hydroxylation is 1. The Balaban J connectivity index is 0.00000240. The van der Waals surface area contributed by atoms with E-state index in [1.165, 1.54) is 0 Å². The lowest BCUT2D eigenvalue weighted by Crippen LogP contribution is -2.42. The first-order chi connectivity index (χ1) is 13.8. The third-order valence-electron chi connectivity index (χ3n) is 5.47. The topological polar surface area (TPSA) is 50.2 Å². The van der Waals surface area contributed by atoms with Crippen molar-refractivity contribution in [1.29, 1.82) is 0 Å². The second-order valence-corrected chi connectivity index (χ2v) is 7.42. The second-order valence-electron chi connectivity index (χ2n) is 7.42. The molecule has 6 heteroatoms. The zero-order chi connectivity index (χ0) is 19.3. The van der Waals surface area contributed by atoms with Gasteiger partial charge in [0, 0.05) is 37.7 Å². The monoisotopic (exact) mass is 412 g/mol. The number of aromatic nitrogens is 2. The van der Waals surface area contributed by atoms with Crippen LogP contribution in [0.25, 0.3) is 16.7 Å². The summed E-state index contributed by atoms with van der Waals surface area (Å²) in [5.74, 6) is 1.18. The fraction of sp³-hybridized carbons (Fsp3) is 0.391. The Morgan fingerprint density at radius 3 is 2.66 bits per heavy atom. The number of hydrogen-bond acceptors (Lipinski definition) is 3. The maximum Gasteiger partial charge on any atom is 0.223 e. The van der Waals surface area contributed by atoms with Crippen molar-refractivity contribution in [1.82, 2.24) is 19.8 Å². The number of nitrogens with one attached hydrogen (secondary N) is 1. The zero-order valence-electron chi connectivity index (χ0n) is 16.9. The molecule has 1 aliphatic heterocycles. The zero-order valence-corrected chi connectivity index (χ0v) is 17.7. The summed E-state index contributed by atoms with van der Waals surface area (Å²) in [6.07, 6.45) is 3.18. The molecule has 1 N–H and O–H groups in total. The van der Waals surface area contributed by atoms with Crippen molar-refractivity contribution < 1.29 is 4.79 Å². The number of imidazole rings is 1. The molecule has 1 atom stereocenters. The van der Waals surface area contributed by atoms with Gasteiger partial charge in [-0.3, -0.25) is 9.36 Å². The Labute approximate surface area is 178 Å². The number of para-hydroxylation sites is 3. The van der Waals surface area contributed by atoms with Crippen molar-refractivity contribution in [2.75, 3.05) is 19.6 Å². The summed E-state index contributed by atoms with van der Waals surface area (Å²) in [4.78, 5) is 19.9. The van der Waals surface area contributed by atoms with Gasteiger partial charge in [0.2, 0.25) is 5.91 Å². The molecule has 1 fully saturated rings. The second kappa shape index (κ2) is 9.90. The minimum Gasteiger partial charge on any atom is -0.338 e. The molecule has 0 aliphatic carbocycles. The molecule has 0 bridgehead atoms. The minimum absolute atomic E-state index is 0. The molecule has 0 spiro atoms. The van der Waals surface area contributed by atoms with E-state index in [1.807, 2.05) is 36.4 Å². The molecule has 29 heavy (non-hydrogen) atoms. The Kier molecular flexibility index (Phi) is 7.29. The molecule has 2 aromatic carbocycles. The van der Waals surface area contributed by atoms with Gasteiger partial charge < -0.3 is 10.2 Å². The van der Waals surface area contributed by atoms with E-state index in [4.69, 9.17) is 4.98 Å². The SMILES string of the molecule is CCCN(C(=O)CCc1nc2ccccc2n1-c1ccccc1)C1CCNC1.Cl. The summed E-state index contributed by atoms with van der Waals surface area (Å²) in [5, 5.41) is 3.38. The number of rotatable bonds is 7. The Morgan fingerprint density at radius 1 is 1.17 bits per heavy atom. The van der Waals surface area contributed by atoms with Crippen LogP contribution in [0.3, 0.4) is 0 Å². The Bertz CT molecular complexity index is 934. The molecule has 1 unspecified atom stereocenters. The number of nitrogens with zero attached hydrogens (tertiary/aromatic N) is 3. The summed E-state index contributed by atoms with van der Waals surface area (Å²) in [5.41, 5.74) is 3.14. The number of hydrogen-bond donors (Lipinski definition) is 1. The first-order valence-corrected chi connectivity index (χ1v) is 10.3. The number of benzene rings is 2. The molecule has 1 saturated heterocycles. The maximum atomic E-state index is 13.0. The smallest absolute Gasteiger partial charge is 0.223 e. The molecule has 0 radical (unpaired) electrons. The van der Waals surface area contributed by atoms with Crippen LogP contribution in [-0.4, -0.2) is 46.0 Å². The van der Waals surface area contributed by atoms with Gasteiger partial charge in [0.1, 0.15) is 5.82 Å². The minimum atomic E-state index is 0. The number of halogens is 1. The lowest BCUT2D eigenvalue weighted by molar-refractivity contribution is -0.133. The average Bonchev–Trinajstić information content (AvgIpc) is 3.38. The fourth-order valence-corrected chi connectivity index (χ4v) is 4.13. The highest BCUT2D eigenvalue weighted by molar-refractivity contribution is 5.85. The molecule has 0 saturated carbocycles. The largest absolute Gasteiger partial charge is 0.338 e. The number of carbonyl (C=O) groups excluding carboxylic acids is 1. The predicted molar refractivity (Wildman–Crippen MR) is 120 cm³/mol. The van der Waals surface area contributed by atoms with E-state index in [0.717, 1.165) is 55.0 Å². The molecule has 4 rings (SSSR count). The molecule has 1 aromatic heterocycles. The van der Waals surface area contributed by atoms with Crippen molar-refractivity contribution >= 4 is 29.3 Å². The van der Waals surface area contributed by atoms with E-state index in [9.17, 15) is 4.79 Å². The van der Waals surface area contributed by atoms with E-state index in [2.05, 4.69) is 39.9 Å². The van der Waals surface area contributed by atoms with E-state index in [0.29, 0.717) is 18.9 Å². The molecule has 5 nitrogen and oxygen atoms in total. The van der Waals surface area contributed by atoms with Crippen LogP contribution >= 0.6 is 12.4 Å². The van der Waals surface area contributed by atoms with Crippen LogP contribution in [-0.2, 0) is 11.2 Å². The third-order valence-corrected chi connectivity index (χ3v) is 5.47. The van der Waals surface area contributed by atoms with Crippen LogP contribution in [0.4, 0.5) is 0 Å². The van der Waals surface area contributed by atoms with Crippen LogP contribution in [0.2, 0.25) is 0 Å². The fourth-order valence-electron chi connectivity index (χ4n) is 4.13. The van der Waals surface area contributed by atoms with Crippen molar-refractivity contribution in [2.24, 2.45) is 0 Å². The van der Waals surface area contributed by atoms with Gasteiger partial charge in [0.15, 0.2) is 0 Å². The van der Waals surface area contributed by atoms with Crippen molar-refractivity contribution in [3.05, 3.63) is 60.4 Å². The summed E-state index contributed by atoms with van der Waals surface area (Å²) >= 11 is 0. The van der Waals surface area contributed by atoms with Gasteiger partial charge >= 0.3 is 0 Å². The summed E-state index contributed by atoms with van der Waals surface area (Å²) < 4.78 is 2.18. The first-order valence-electron chi connectivity index (χ1n) is 10.3. The third kappa shape index (κ3) is 4.62. The molecule has 3 aromatic rings. The van der Waals surface area contributed by atoms with Gasteiger partial charge in [0.05, 0.1) is 11.0 Å². The van der Waals surface area contributed by atoms with Gasteiger partial charge in [-0.1, -0.05) is 37.3 Å². The molecular weight excluding hydrogens is 384 g/mol. The highest BCUT2D eigenvalue weighted by Crippen LogP contribution is 2.23. The van der Waals surface area contributed by atoms with Gasteiger partial charge in [-0.05, 0) is 43.7 Å². The van der Waals surface area contributed by atoms with Crippen LogP contribution in [0.1, 0.15) is 32.0 Å². The van der Waals surface area contributed by atoms with E-state index in [1.54, 1.807) is 0 Å². The summed E-state index contributed by atoms with van der Waals surface area (Å²) in [7, 11) is 0. The highest BCUT2D eigenvalue weighted by atomic mass is 35.5.